The Kier molecular flexibility index (Phi) is 6.00. The highest BCUT2D eigenvalue weighted by molar-refractivity contribution is 6.32. The lowest BCUT2D eigenvalue weighted by molar-refractivity contribution is 1.01. The van der Waals surface area contributed by atoms with E-state index in [9.17, 15) is 5.26 Å². The Hall–Kier alpha value is -6.63. The summed E-state index contributed by atoms with van der Waals surface area (Å²) in [4.78, 5) is 10.3. The minimum atomic E-state index is 0.128. The highest BCUT2D eigenvalue weighted by atomic mass is 14.7. The van der Waals surface area contributed by atoms with E-state index in [0.29, 0.717) is 5.56 Å². The van der Waals surface area contributed by atoms with E-state index < -0.39 is 0 Å². The topological polar surface area (TPSA) is 49.6 Å². The van der Waals surface area contributed by atoms with E-state index in [1.807, 2.05) is 24.4 Å². The fourth-order valence-electron chi connectivity index (χ4n) is 8.02. The molecule has 3 heteroatoms. The molecular weight excluding hydrogens is 595 g/mol. The fourth-order valence-corrected chi connectivity index (χ4v) is 8.02. The van der Waals surface area contributed by atoms with Crippen molar-refractivity contribution in [2.24, 2.45) is 0 Å². The number of nitrogens with zero attached hydrogens (tertiary/aromatic N) is 3. The van der Waals surface area contributed by atoms with Crippen molar-refractivity contribution in [3.05, 3.63) is 180 Å². The Balaban J connectivity index is 1.23. The van der Waals surface area contributed by atoms with Crippen LogP contribution < -0.4 is 0 Å². The quantitative estimate of drug-likeness (QED) is 0.184. The second-order valence-corrected chi connectivity index (χ2v) is 12.8. The molecule has 226 valence electrons. The first-order valence-electron chi connectivity index (χ1n) is 16.6. The maximum atomic E-state index is 9.78. The predicted molar refractivity (Wildman–Crippen MR) is 200 cm³/mol. The summed E-state index contributed by atoms with van der Waals surface area (Å²) in [7, 11) is 0. The second kappa shape index (κ2) is 10.7. The summed E-state index contributed by atoms with van der Waals surface area (Å²) in [6, 6.07) is 55.9. The van der Waals surface area contributed by atoms with E-state index in [0.717, 1.165) is 65.9 Å². The van der Waals surface area contributed by atoms with Gasteiger partial charge in [0.2, 0.25) is 0 Å². The van der Waals surface area contributed by atoms with E-state index in [2.05, 4.69) is 140 Å². The number of pyridine rings is 2. The first kappa shape index (κ1) is 27.5. The van der Waals surface area contributed by atoms with Gasteiger partial charge in [-0.2, -0.15) is 5.26 Å². The van der Waals surface area contributed by atoms with E-state index in [1.54, 1.807) is 0 Å². The molecule has 49 heavy (non-hydrogen) atoms. The van der Waals surface area contributed by atoms with Gasteiger partial charge in [-0.3, -0.25) is 4.98 Å². The Labute approximate surface area is 283 Å². The van der Waals surface area contributed by atoms with Crippen molar-refractivity contribution in [1.82, 2.24) is 9.97 Å². The number of hydrogen-bond acceptors (Lipinski definition) is 3. The van der Waals surface area contributed by atoms with Crippen LogP contribution in [-0.4, -0.2) is 9.97 Å². The van der Waals surface area contributed by atoms with Crippen LogP contribution in [0.2, 0.25) is 0 Å². The Morgan fingerprint density at radius 1 is 0.510 bits per heavy atom. The standard InChI is InChI=1S/C46H27N3/c47-27-28-17-20-34-39(24-28)40-25-31(18-21-35(40)42(34)29-10-3-1-4-11-29)32-19-22-37-41(26-32)49-45(30-12-5-2-6-13-30)44-33-14-7-8-15-36(33)46-38(43(37)44)16-9-23-48-46/h1-26,42H. The van der Waals surface area contributed by atoms with Crippen molar-refractivity contribution in [2.75, 3.05) is 0 Å². The van der Waals surface area contributed by atoms with Gasteiger partial charge < -0.3 is 0 Å². The molecule has 0 saturated carbocycles. The third kappa shape index (κ3) is 4.15. The van der Waals surface area contributed by atoms with Crippen molar-refractivity contribution < 1.29 is 0 Å². The van der Waals surface area contributed by atoms with Crippen LogP contribution in [0.5, 0.6) is 0 Å². The van der Waals surface area contributed by atoms with Crippen molar-refractivity contribution in [3.63, 3.8) is 0 Å². The fraction of sp³-hybridized carbons (Fsp3) is 0.0217. The molecule has 0 N–H and O–H groups in total. The van der Waals surface area contributed by atoms with E-state index in [1.165, 1.54) is 27.6 Å². The molecule has 1 aliphatic carbocycles. The average molecular weight is 622 g/mol. The minimum Gasteiger partial charge on any atom is -0.256 e. The molecule has 0 aliphatic heterocycles. The molecule has 2 heterocycles. The van der Waals surface area contributed by atoms with Gasteiger partial charge in [-0.15, -0.1) is 0 Å². The Morgan fingerprint density at radius 2 is 1.18 bits per heavy atom. The molecule has 0 amide bonds. The molecule has 9 aromatic rings. The van der Waals surface area contributed by atoms with Gasteiger partial charge in [0, 0.05) is 44.6 Å². The molecule has 1 atom stereocenters. The van der Waals surface area contributed by atoms with Gasteiger partial charge in [0.25, 0.3) is 0 Å². The van der Waals surface area contributed by atoms with Gasteiger partial charge in [0.05, 0.1) is 28.4 Å². The molecule has 0 bridgehead atoms. The normalized spacial score (nSPS) is 13.5. The summed E-state index contributed by atoms with van der Waals surface area (Å²) in [6.45, 7) is 0. The molecular formula is C46H27N3. The van der Waals surface area contributed by atoms with Crippen LogP contribution in [0.1, 0.15) is 28.2 Å². The van der Waals surface area contributed by atoms with Crippen molar-refractivity contribution in [1.29, 1.82) is 5.26 Å². The summed E-state index contributed by atoms with van der Waals surface area (Å²) in [6.07, 6.45) is 1.88. The number of hydrogen-bond donors (Lipinski definition) is 0. The molecule has 1 aliphatic rings. The number of rotatable bonds is 3. The minimum absolute atomic E-state index is 0.128. The van der Waals surface area contributed by atoms with Gasteiger partial charge in [0.1, 0.15) is 0 Å². The molecule has 0 fully saturated rings. The van der Waals surface area contributed by atoms with Gasteiger partial charge >= 0.3 is 0 Å². The van der Waals surface area contributed by atoms with Crippen LogP contribution in [0.4, 0.5) is 0 Å². The zero-order valence-corrected chi connectivity index (χ0v) is 26.4. The zero-order chi connectivity index (χ0) is 32.5. The highest BCUT2D eigenvalue weighted by Crippen LogP contribution is 2.50. The van der Waals surface area contributed by atoms with Crippen LogP contribution in [0.3, 0.4) is 0 Å². The van der Waals surface area contributed by atoms with Gasteiger partial charge in [0.15, 0.2) is 0 Å². The van der Waals surface area contributed by atoms with Crippen LogP contribution in [0, 0.1) is 11.3 Å². The largest absolute Gasteiger partial charge is 0.256 e. The Morgan fingerprint density at radius 3 is 2.00 bits per heavy atom. The van der Waals surface area contributed by atoms with Crippen molar-refractivity contribution in [3.8, 4) is 39.6 Å². The highest BCUT2D eigenvalue weighted by Gasteiger charge is 2.30. The maximum absolute atomic E-state index is 9.78. The van der Waals surface area contributed by atoms with Gasteiger partial charge in [-0.05, 0) is 74.7 Å². The summed E-state index contributed by atoms with van der Waals surface area (Å²) >= 11 is 0. The molecule has 7 aromatic carbocycles. The third-order valence-corrected chi connectivity index (χ3v) is 10.2. The summed E-state index contributed by atoms with van der Waals surface area (Å²) in [5.41, 5.74) is 13.0. The number of nitriles is 1. The molecule has 0 radical (unpaired) electrons. The second-order valence-electron chi connectivity index (χ2n) is 12.8. The van der Waals surface area contributed by atoms with Gasteiger partial charge in [-0.25, -0.2) is 4.98 Å². The van der Waals surface area contributed by atoms with Crippen molar-refractivity contribution in [2.45, 2.75) is 5.92 Å². The lowest BCUT2D eigenvalue weighted by atomic mass is 9.88. The Bertz CT molecular complexity index is 2830. The maximum Gasteiger partial charge on any atom is 0.0991 e. The summed E-state index contributed by atoms with van der Waals surface area (Å²) in [5, 5.41) is 16.6. The lowest BCUT2D eigenvalue weighted by Gasteiger charge is -2.17. The molecule has 3 nitrogen and oxygen atoms in total. The monoisotopic (exact) mass is 621 g/mol. The van der Waals surface area contributed by atoms with Crippen LogP contribution in [0.25, 0.3) is 76.9 Å². The SMILES string of the molecule is N#Cc1ccc2c(c1)-c1cc(-c3ccc4c(c3)nc(-c3ccccc3)c3c5ccccc5c5ncccc5c43)ccc1C2c1ccccc1. The molecule has 2 aromatic heterocycles. The zero-order valence-electron chi connectivity index (χ0n) is 26.4. The number of benzene rings is 7. The average Bonchev–Trinajstić information content (AvgIpc) is 3.50. The number of fused-ring (bicyclic) bond motifs is 11. The van der Waals surface area contributed by atoms with E-state index in [-0.39, 0.29) is 5.92 Å². The lowest BCUT2D eigenvalue weighted by Crippen LogP contribution is -1.98. The molecule has 10 rings (SSSR count). The van der Waals surface area contributed by atoms with Crippen molar-refractivity contribution >= 4 is 43.4 Å². The smallest absolute Gasteiger partial charge is 0.0991 e. The van der Waals surface area contributed by atoms with Crippen LogP contribution in [-0.2, 0) is 0 Å². The summed E-state index contributed by atoms with van der Waals surface area (Å²) < 4.78 is 0. The molecule has 0 spiro atoms. The van der Waals surface area contributed by atoms with E-state index in [4.69, 9.17) is 9.97 Å². The van der Waals surface area contributed by atoms with Crippen LogP contribution >= 0.6 is 0 Å². The predicted octanol–water partition coefficient (Wildman–Crippen LogP) is 11.5. The molecule has 0 saturated heterocycles. The number of aromatic nitrogens is 2. The molecule has 1 unspecified atom stereocenters. The third-order valence-electron chi connectivity index (χ3n) is 10.2. The summed E-state index contributed by atoms with van der Waals surface area (Å²) in [5.74, 6) is 0.128. The first-order chi connectivity index (χ1) is 24.3. The van der Waals surface area contributed by atoms with E-state index >= 15 is 0 Å². The van der Waals surface area contributed by atoms with Gasteiger partial charge in [-0.1, -0.05) is 121 Å². The van der Waals surface area contributed by atoms with Crippen LogP contribution in [0.15, 0.2) is 158 Å². The first-order valence-corrected chi connectivity index (χ1v) is 16.6.